The highest BCUT2D eigenvalue weighted by Gasteiger charge is 2.30. The van der Waals surface area contributed by atoms with Crippen LogP contribution in [0.5, 0.6) is 0 Å². The molecular formula is C12H16INO. The Morgan fingerprint density at radius 1 is 1.40 bits per heavy atom. The molecule has 3 heteroatoms. The second kappa shape index (κ2) is 5.16. The molecule has 1 unspecified atom stereocenters. The monoisotopic (exact) mass is 317 g/mol. The smallest absolute Gasteiger partial charge is 0.0666 e. The number of benzene rings is 1. The average molecular weight is 317 g/mol. The topological polar surface area (TPSA) is 21.3 Å². The van der Waals surface area contributed by atoms with E-state index in [1.165, 1.54) is 22.1 Å². The van der Waals surface area contributed by atoms with E-state index in [0.717, 1.165) is 12.5 Å². The number of hydrogen-bond acceptors (Lipinski definition) is 2. The second-order valence-corrected chi connectivity index (χ2v) is 5.30. The van der Waals surface area contributed by atoms with E-state index >= 15 is 0 Å². The van der Waals surface area contributed by atoms with Crippen LogP contribution in [0.25, 0.3) is 0 Å². The molecule has 1 atom stereocenters. The first-order valence-electron chi connectivity index (χ1n) is 5.30. The lowest BCUT2D eigenvalue weighted by Gasteiger charge is -2.18. The van der Waals surface area contributed by atoms with E-state index < -0.39 is 0 Å². The maximum Gasteiger partial charge on any atom is 0.0666 e. The maximum atomic E-state index is 5.24. The molecule has 82 valence electrons. The van der Waals surface area contributed by atoms with E-state index in [0.29, 0.717) is 6.04 Å². The molecule has 1 aliphatic carbocycles. The van der Waals surface area contributed by atoms with Gasteiger partial charge < -0.3 is 10.1 Å². The summed E-state index contributed by atoms with van der Waals surface area (Å²) in [6, 6.07) is 8.99. The van der Waals surface area contributed by atoms with Crippen molar-refractivity contribution in [2.45, 2.75) is 18.9 Å². The van der Waals surface area contributed by atoms with Crippen molar-refractivity contribution in [3.8, 4) is 0 Å². The molecule has 1 fully saturated rings. The summed E-state index contributed by atoms with van der Waals surface area (Å²) < 4.78 is 6.51. The first-order chi connectivity index (χ1) is 7.29. The van der Waals surface area contributed by atoms with Crippen molar-refractivity contribution in [2.24, 2.45) is 5.92 Å². The normalized spacial score (nSPS) is 17.5. The van der Waals surface area contributed by atoms with Crippen molar-refractivity contribution >= 4 is 28.3 Å². The van der Waals surface area contributed by atoms with Crippen LogP contribution in [0.15, 0.2) is 24.3 Å². The van der Waals surface area contributed by atoms with Crippen LogP contribution in [0, 0.1) is 9.49 Å². The van der Waals surface area contributed by atoms with E-state index in [1.807, 2.05) is 0 Å². The molecule has 0 spiro atoms. The minimum Gasteiger partial charge on any atom is -0.383 e. The zero-order valence-corrected chi connectivity index (χ0v) is 11.0. The molecule has 15 heavy (non-hydrogen) atoms. The molecule has 0 bridgehead atoms. The molecule has 1 aliphatic rings. The number of rotatable bonds is 5. The van der Waals surface area contributed by atoms with Crippen molar-refractivity contribution in [3.63, 3.8) is 0 Å². The van der Waals surface area contributed by atoms with Gasteiger partial charge in [-0.3, -0.25) is 0 Å². The summed E-state index contributed by atoms with van der Waals surface area (Å²) in [6.45, 7) is 0.802. The van der Waals surface area contributed by atoms with Crippen LogP contribution in [0.1, 0.15) is 12.8 Å². The molecule has 0 radical (unpaired) electrons. The molecule has 0 heterocycles. The van der Waals surface area contributed by atoms with E-state index in [9.17, 15) is 0 Å². The third-order valence-corrected chi connectivity index (χ3v) is 3.45. The van der Waals surface area contributed by atoms with Gasteiger partial charge >= 0.3 is 0 Å². The van der Waals surface area contributed by atoms with Gasteiger partial charge in [-0.1, -0.05) is 0 Å². The molecule has 1 aromatic rings. The number of halogens is 1. The Balaban J connectivity index is 1.95. The first kappa shape index (κ1) is 11.2. The molecule has 1 N–H and O–H groups in total. The van der Waals surface area contributed by atoms with E-state index in [2.05, 4.69) is 52.2 Å². The standard InChI is InChI=1S/C12H16INO/c1-15-8-12(9-2-3-9)14-11-6-4-10(13)5-7-11/h4-7,9,12,14H,2-3,8H2,1H3. The van der Waals surface area contributed by atoms with Gasteiger partial charge in [-0.15, -0.1) is 0 Å². The Kier molecular flexibility index (Phi) is 3.86. The minimum absolute atomic E-state index is 0.482. The maximum absolute atomic E-state index is 5.24. The molecule has 0 aromatic heterocycles. The number of nitrogens with one attached hydrogen (secondary N) is 1. The summed E-state index contributed by atoms with van der Waals surface area (Å²) in [6.07, 6.45) is 2.68. The Hall–Kier alpha value is -0.290. The molecule has 2 nitrogen and oxygen atoms in total. The van der Waals surface area contributed by atoms with Crippen molar-refractivity contribution in [1.82, 2.24) is 0 Å². The molecule has 0 aliphatic heterocycles. The van der Waals surface area contributed by atoms with Gasteiger partial charge in [-0.2, -0.15) is 0 Å². The third kappa shape index (κ3) is 3.34. The van der Waals surface area contributed by atoms with E-state index in [4.69, 9.17) is 4.74 Å². The summed E-state index contributed by atoms with van der Waals surface area (Å²) in [5.41, 5.74) is 1.20. The highest BCUT2D eigenvalue weighted by Crippen LogP contribution is 2.34. The molecule has 1 saturated carbocycles. The Morgan fingerprint density at radius 2 is 2.07 bits per heavy atom. The summed E-state index contributed by atoms with van der Waals surface area (Å²) in [5.74, 6) is 0.809. The lowest BCUT2D eigenvalue weighted by Crippen LogP contribution is -2.27. The van der Waals surface area contributed by atoms with Crippen LogP contribution in [0.3, 0.4) is 0 Å². The molecule has 0 amide bonds. The Morgan fingerprint density at radius 3 is 2.60 bits per heavy atom. The van der Waals surface area contributed by atoms with Crippen LogP contribution in [0.4, 0.5) is 5.69 Å². The van der Waals surface area contributed by atoms with Crippen molar-refractivity contribution in [1.29, 1.82) is 0 Å². The van der Waals surface area contributed by atoms with E-state index in [-0.39, 0.29) is 0 Å². The van der Waals surface area contributed by atoms with Gasteiger partial charge in [0.1, 0.15) is 0 Å². The number of anilines is 1. The zero-order chi connectivity index (χ0) is 10.7. The van der Waals surface area contributed by atoms with Gasteiger partial charge in [0.2, 0.25) is 0 Å². The molecule has 2 rings (SSSR count). The summed E-state index contributed by atoms with van der Waals surface area (Å²) >= 11 is 2.32. The van der Waals surface area contributed by atoms with Gasteiger partial charge in [-0.25, -0.2) is 0 Å². The quantitative estimate of drug-likeness (QED) is 0.843. The highest BCUT2D eigenvalue weighted by molar-refractivity contribution is 14.1. The van der Waals surface area contributed by atoms with Crippen LogP contribution in [-0.2, 0) is 4.74 Å². The zero-order valence-electron chi connectivity index (χ0n) is 8.87. The lowest BCUT2D eigenvalue weighted by molar-refractivity contribution is 0.179. The van der Waals surface area contributed by atoms with Gasteiger partial charge in [-0.05, 0) is 65.6 Å². The average Bonchev–Trinajstić information content (AvgIpc) is 3.04. The fourth-order valence-corrected chi connectivity index (χ4v) is 2.09. The minimum atomic E-state index is 0.482. The molecule has 1 aromatic carbocycles. The van der Waals surface area contributed by atoms with Crippen LogP contribution < -0.4 is 5.32 Å². The predicted octanol–water partition coefficient (Wildman–Crippen LogP) is 3.13. The predicted molar refractivity (Wildman–Crippen MR) is 71.2 cm³/mol. The highest BCUT2D eigenvalue weighted by atomic mass is 127. The summed E-state index contributed by atoms with van der Waals surface area (Å²) in [4.78, 5) is 0. The van der Waals surface area contributed by atoms with Crippen molar-refractivity contribution < 1.29 is 4.74 Å². The SMILES string of the molecule is COCC(Nc1ccc(I)cc1)C1CC1. The largest absolute Gasteiger partial charge is 0.383 e. The van der Waals surface area contributed by atoms with Crippen LogP contribution in [-0.4, -0.2) is 19.8 Å². The van der Waals surface area contributed by atoms with Gasteiger partial charge in [0.15, 0.2) is 0 Å². The summed E-state index contributed by atoms with van der Waals surface area (Å²) in [7, 11) is 1.77. The van der Waals surface area contributed by atoms with Crippen molar-refractivity contribution in [2.75, 3.05) is 19.0 Å². The molecular weight excluding hydrogens is 301 g/mol. The van der Waals surface area contributed by atoms with Crippen LogP contribution >= 0.6 is 22.6 Å². The number of methoxy groups -OCH3 is 1. The third-order valence-electron chi connectivity index (χ3n) is 2.73. The summed E-state index contributed by atoms with van der Waals surface area (Å²) in [5, 5.41) is 3.54. The number of ether oxygens (including phenoxy) is 1. The van der Waals surface area contributed by atoms with Gasteiger partial charge in [0.25, 0.3) is 0 Å². The Bertz CT molecular complexity index is 308. The molecule has 0 saturated heterocycles. The second-order valence-electron chi connectivity index (χ2n) is 4.05. The Labute approximate surface area is 105 Å². The number of hydrogen-bond donors (Lipinski definition) is 1. The fraction of sp³-hybridized carbons (Fsp3) is 0.500. The first-order valence-corrected chi connectivity index (χ1v) is 6.38. The van der Waals surface area contributed by atoms with Gasteiger partial charge in [0, 0.05) is 16.4 Å². The van der Waals surface area contributed by atoms with Crippen LogP contribution in [0.2, 0.25) is 0 Å². The lowest BCUT2D eigenvalue weighted by atomic mass is 10.2. The van der Waals surface area contributed by atoms with E-state index in [1.54, 1.807) is 7.11 Å². The van der Waals surface area contributed by atoms with Crippen molar-refractivity contribution in [3.05, 3.63) is 27.8 Å². The van der Waals surface area contributed by atoms with Gasteiger partial charge in [0.05, 0.1) is 12.6 Å². The fourth-order valence-electron chi connectivity index (χ4n) is 1.73.